The lowest BCUT2D eigenvalue weighted by molar-refractivity contribution is -0.137. The number of nitrogens with one attached hydrogen (secondary N) is 2. The second-order valence-corrected chi connectivity index (χ2v) is 6.14. The summed E-state index contributed by atoms with van der Waals surface area (Å²) in [6.45, 7) is 6.97. The quantitative estimate of drug-likeness (QED) is 0.729. The number of hydrogen-bond acceptors (Lipinski definition) is 4. The molecule has 0 unspecified atom stereocenters. The van der Waals surface area contributed by atoms with Gasteiger partial charge < -0.3 is 15.5 Å². The van der Waals surface area contributed by atoms with Crippen LogP contribution in [0.25, 0.3) is 0 Å². The molecule has 1 aromatic rings. The highest BCUT2D eigenvalue weighted by molar-refractivity contribution is 5.76. The van der Waals surface area contributed by atoms with E-state index in [2.05, 4.69) is 22.2 Å². The maximum Gasteiger partial charge on any atom is 0.419 e. The van der Waals surface area contributed by atoms with Gasteiger partial charge in [-0.15, -0.1) is 0 Å². The van der Waals surface area contributed by atoms with Crippen LogP contribution < -0.4 is 10.6 Å². The summed E-state index contributed by atoms with van der Waals surface area (Å²) in [4.78, 5) is 17.3. The van der Waals surface area contributed by atoms with Crippen LogP contribution in [0.3, 0.4) is 0 Å². The molecule has 0 saturated carbocycles. The van der Waals surface area contributed by atoms with Gasteiger partial charge in [0, 0.05) is 44.0 Å². The Kier molecular flexibility index (Phi) is 6.27. The molecule has 0 spiro atoms. The Labute approximate surface area is 145 Å². The Morgan fingerprint density at radius 1 is 1.40 bits per heavy atom. The van der Waals surface area contributed by atoms with Crippen molar-refractivity contribution >= 4 is 17.4 Å². The van der Waals surface area contributed by atoms with Crippen LogP contribution >= 0.6 is 0 Å². The standard InChI is InChI=1S/C17H23F3N4O/c1-12(2)23-15-10-14(13(11-22-15)17(18,19)20)21-7-5-9-24-8-4-3-6-16(24)25/h10-11H,1,3-9H2,2H3,(H2,21,22,23). The first kappa shape index (κ1) is 19.1. The molecule has 0 radical (unpaired) electrons. The molecule has 25 heavy (non-hydrogen) atoms. The number of allylic oxidation sites excluding steroid dienone is 1. The van der Waals surface area contributed by atoms with Crippen LogP contribution in [-0.4, -0.2) is 35.4 Å². The predicted octanol–water partition coefficient (Wildman–Crippen LogP) is 3.86. The minimum atomic E-state index is -4.49. The SMILES string of the molecule is C=C(C)Nc1cc(NCCCN2CCCCC2=O)c(C(F)(F)F)cn1. The molecule has 0 bridgehead atoms. The van der Waals surface area contributed by atoms with Gasteiger partial charge in [-0.3, -0.25) is 4.79 Å². The molecule has 2 rings (SSSR count). The molecule has 5 nitrogen and oxygen atoms in total. The van der Waals surface area contributed by atoms with Crippen molar-refractivity contribution in [3.8, 4) is 0 Å². The molecule has 8 heteroatoms. The second kappa shape index (κ2) is 8.22. The van der Waals surface area contributed by atoms with Gasteiger partial charge >= 0.3 is 6.18 Å². The summed E-state index contributed by atoms with van der Waals surface area (Å²) in [6, 6.07) is 1.32. The molecule has 1 aliphatic heterocycles. The molecule has 2 heterocycles. The molecule has 0 aliphatic carbocycles. The van der Waals surface area contributed by atoms with E-state index in [1.165, 1.54) is 6.07 Å². The van der Waals surface area contributed by atoms with Crippen LogP contribution in [0.1, 0.15) is 38.2 Å². The van der Waals surface area contributed by atoms with Gasteiger partial charge in [0.25, 0.3) is 0 Å². The molecular formula is C17H23F3N4O. The maximum atomic E-state index is 13.1. The van der Waals surface area contributed by atoms with E-state index >= 15 is 0 Å². The lowest BCUT2D eigenvalue weighted by atomic mass is 10.1. The molecule has 138 valence electrons. The van der Waals surface area contributed by atoms with E-state index in [9.17, 15) is 18.0 Å². The summed E-state index contributed by atoms with van der Waals surface area (Å²) in [5.74, 6) is 0.424. The summed E-state index contributed by atoms with van der Waals surface area (Å²) in [5.41, 5.74) is -0.258. The lowest BCUT2D eigenvalue weighted by Crippen LogP contribution is -2.36. The number of rotatable bonds is 7. The number of amides is 1. The van der Waals surface area contributed by atoms with Crippen molar-refractivity contribution in [1.29, 1.82) is 0 Å². The van der Waals surface area contributed by atoms with Gasteiger partial charge in [-0.1, -0.05) is 6.58 Å². The lowest BCUT2D eigenvalue weighted by Gasteiger charge is -2.26. The first-order valence-corrected chi connectivity index (χ1v) is 8.29. The number of carbonyl (C=O) groups excluding carboxylic acids is 1. The summed E-state index contributed by atoms with van der Waals surface area (Å²) in [5, 5.41) is 5.63. The number of aromatic nitrogens is 1. The highest BCUT2D eigenvalue weighted by atomic mass is 19.4. The third-order valence-corrected chi connectivity index (χ3v) is 3.89. The summed E-state index contributed by atoms with van der Waals surface area (Å²) in [7, 11) is 0. The topological polar surface area (TPSA) is 57.3 Å². The molecule has 1 fully saturated rings. The van der Waals surface area contributed by atoms with Gasteiger partial charge in [-0.2, -0.15) is 13.2 Å². The van der Waals surface area contributed by atoms with Gasteiger partial charge in [0.15, 0.2) is 0 Å². The summed E-state index contributed by atoms with van der Waals surface area (Å²) in [6.07, 6.45) is -0.641. The number of pyridine rings is 1. The average molecular weight is 356 g/mol. The fraction of sp³-hybridized carbons (Fsp3) is 0.529. The normalized spacial score (nSPS) is 15.2. The van der Waals surface area contributed by atoms with Gasteiger partial charge in [0.1, 0.15) is 5.82 Å². The molecule has 1 aromatic heterocycles. The van der Waals surface area contributed by atoms with Crippen molar-refractivity contribution < 1.29 is 18.0 Å². The monoisotopic (exact) mass is 356 g/mol. The van der Waals surface area contributed by atoms with Crippen LogP contribution in [0.2, 0.25) is 0 Å². The molecule has 2 N–H and O–H groups in total. The van der Waals surface area contributed by atoms with Crippen LogP contribution in [-0.2, 0) is 11.0 Å². The number of carbonyl (C=O) groups is 1. The highest BCUT2D eigenvalue weighted by Gasteiger charge is 2.34. The number of anilines is 2. The number of alkyl halides is 3. The molecule has 1 aliphatic rings. The largest absolute Gasteiger partial charge is 0.419 e. The number of hydrogen-bond donors (Lipinski definition) is 2. The zero-order valence-corrected chi connectivity index (χ0v) is 14.2. The Bertz CT molecular complexity index is 631. The van der Waals surface area contributed by atoms with Gasteiger partial charge in [-0.25, -0.2) is 4.98 Å². The van der Waals surface area contributed by atoms with Crippen molar-refractivity contribution in [2.45, 2.75) is 38.8 Å². The van der Waals surface area contributed by atoms with Crippen molar-refractivity contribution in [3.05, 3.63) is 30.1 Å². The Morgan fingerprint density at radius 3 is 2.80 bits per heavy atom. The van der Waals surface area contributed by atoms with E-state index in [0.717, 1.165) is 25.6 Å². The third-order valence-electron chi connectivity index (χ3n) is 3.89. The van der Waals surface area contributed by atoms with Crippen LogP contribution in [0.5, 0.6) is 0 Å². The van der Waals surface area contributed by atoms with Gasteiger partial charge in [-0.05, 0) is 26.2 Å². The van der Waals surface area contributed by atoms with Crippen molar-refractivity contribution in [2.75, 3.05) is 30.3 Å². The number of likely N-dealkylation sites (tertiary alicyclic amines) is 1. The highest BCUT2D eigenvalue weighted by Crippen LogP contribution is 2.35. The summed E-state index contributed by atoms with van der Waals surface area (Å²) < 4.78 is 39.4. The zero-order valence-electron chi connectivity index (χ0n) is 14.2. The Balaban J connectivity index is 1.98. The van der Waals surface area contributed by atoms with E-state index in [1.807, 2.05) is 0 Å². The van der Waals surface area contributed by atoms with E-state index in [-0.39, 0.29) is 11.6 Å². The maximum absolute atomic E-state index is 13.1. The predicted molar refractivity (Wildman–Crippen MR) is 91.2 cm³/mol. The number of nitrogens with zero attached hydrogens (tertiary/aromatic N) is 2. The van der Waals surface area contributed by atoms with Crippen LogP contribution in [0, 0.1) is 0 Å². The van der Waals surface area contributed by atoms with Crippen molar-refractivity contribution in [2.24, 2.45) is 0 Å². The van der Waals surface area contributed by atoms with Crippen molar-refractivity contribution in [3.63, 3.8) is 0 Å². The molecular weight excluding hydrogens is 333 g/mol. The van der Waals surface area contributed by atoms with E-state index in [1.54, 1.807) is 11.8 Å². The van der Waals surface area contributed by atoms with E-state index in [0.29, 0.717) is 37.4 Å². The minimum absolute atomic E-state index is 0.0313. The summed E-state index contributed by atoms with van der Waals surface area (Å²) >= 11 is 0. The zero-order chi connectivity index (χ0) is 18.4. The molecule has 1 amide bonds. The number of piperidine rings is 1. The number of halogens is 3. The minimum Gasteiger partial charge on any atom is -0.384 e. The molecule has 0 atom stereocenters. The first-order valence-electron chi connectivity index (χ1n) is 8.29. The van der Waals surface area contributed by atoms with Crippen LogP contribution in [0.4, 0.5) is 24.7 Å². The second-order valence-electron chi connectivity index (χ2n) is 6.14. The molecule has 0 aromatic carbocycles. The fourth-order valence-corrected chi connectivity index (χ4v) is 2.71. The van der Waals surface area contributed by atoms with Gasteiger partial charge in [0.2, 0.25) is 5.91 Å². The van der Waals surface area contributed by atoms with E-state index < -0.39 is 11.7 Å². The first-order chi connectivity index (χ1) is 11.8. The fourth-order valence-electron chi connectivity index (χ4n) is 2.71. The van der Waals surface area contributed by atoms with Gasteiger partial charge in [0.05, 0.1) is 11.3 Å². The third kappa shape index (κ3) is 5.65. The smallest absolute Gasteiger partial charge is 0.384 e. The Morgan fingerprint density at radius 2 is 2.16 bits per heavy atom. The van der Waals surface area contributed by atoms with Crippen LogP contribution in [0.15, 0.2) is 24.5 Å². The molecule has 1 saturated heterocycles. The Hall–Kier alpha value is -2.25. The van der Waals surface area contributed by atoms with E-state index in [4.69, 9.17) is 0 Å². The van der Waals surface area contributed by atoms with Crippen molar-refractivity contribution in [1.82, 2.24) is 9.88 Å². The average Bonchev–Trinajstić information content (AvgIpc) is 2.51.